The molecule has 0 saturated heterocycles. The molecule has 1 heterocycles. The van der Waals surface area contributed by atoms with Crippen LogP contribution in [0.4, 0.5) is 5.69 Å². The second kappa shape index (κ2) is 5.89. The molecule has 2 rings (SSSR count). The molecule has 3 nitrogen and oxygen atoms in total. The molecule has 0 aliphatic carbocycles. The van der Waals surface area contributed by atoms with E-state index in [-0.39, 0.29) is 5.91 Å². The van der Waals surface area contributed by atoms with E-state index in [1.54, 1.807) is 0 Å². The number of hydrogen-bond acceptors (Lipinski definition) is 3. The Labute approximate surface area is 117 Å². The lowest BCUT2D eigenvalue weighted by Gasteiger charge is -2.21. The molecular formula is C15H18N2OS. The first kappa shape index (κ1) is 13.6. The zero-order valence-corrected chi connectivity index (χ0v) is 12.0. The van der Waals surface area contributed by atoms with Crippen LogP contribution in [0.1, 0.15) is 27.0 Å². The number of hydrogen-bond donors (Lipinski definition) is 1. The molecule has 2 N–H and O–H groups in total. The van der Waals surface area contributed by atoms with Crippen molar-refractivity contribution in [3.63, 3.8) is 0 Å². The molecule has 0 bridgehead atoms. The molecule has 2 aromatic rings. The molecule has 0 atom stereocenters. The summed E-state index contributed by atoms with van der Waals surface area (Å²) in [5.41, 5.74) is 7.66. The third-order valence-corrected chi connectivity index (χ3v) is 4.03. The minimum Gasteiger partial charge on any atom is -0.398 e. The van der Waals surface area contributed by atoms with Crippen molar-refractivity contribution >= 4 is 22.9 Å². The van der Waals surface area contributed by atoms with Crippen molar-refractivity contribution in [2.24, 2.45) is 0 Å². The number of nitrogens with zero attached hydrogens (tertiary/aromatic N) is 1. The first-order chi connectivity index (χ1) is 9.11. The van der Waals surface area contributed by atoms with Crippen molar-refractivity contribution in [3.05, 3.63) is 51.7 Å². The van der Waals surface area contributed by atoms with E-state index < -0.39 is 0 Å². The minimum absolute atomic E-state index is 0.0730. The van der Waals surface area contributed by atoms with E-state index in [2.05, 4.69) is 0 Å². The molecule has 0 saturated carbocycles. The number of aryl methyl sites for hydroxylation is 1. The van der Waals surface area contributed by atoms with Crippen LogP contribution in [0.2, 0.25) is 0 Å². The highest BCUT2D eigenvalue weighted by Crippen LogP contribution is 2.20. The molecule has 0 radical (unpaired) electrons. The summed E-state index contributed by atoms with van der Waals surface area (Å²) in [5, 5.41) is 0. The van der Waals surface area contributed by atoms with E-state index in [1.165, 1.54) is 11.3 Å². The molecule has 19 heavy (non-hydrogen) atoms. The highest BCUT2D eigenvalue weighted by Gasteiger charge is 2.16. The van der Waals surface area contributed by atoms with Gasteiger partial charge in [0.15, 0.2) is 0 Å². The Morgan fingerprint density at radius 3 is 2.58 bits per heavy atom. The number of nitrogens with two attached hydrogens (primary N) is 1. The summed E-state index contributed by atoms with van der Waals surface area (Å²) in [6, 6.07) is 11.5. The maximum atomic E-state index is 12.4. The Balaban J connectivity index is 2.17. The molecule has 0 aliphatic rings. The monoisotopic (exact) mass is 274 g/mol. The standard InChI is InChI=1S/C15H18N2OS/c1-3-17(10-12-6-4-5-7-13(12)16)15(18)14-9-8-11(2)19-14/h4-9H,3,10,16H2,1-2H3. The number of carbonyl (C=O) groups is 1. The molecule has 4 heteroatoms. The van der Waals surface area contributed by atoms with Gasteiger partial charge in [-0.15, -0.1) is 11.3 Å². The Morgan fingerprint density at radius 1 is 1.26 bits per heavy atom. The van der Waals surface area contributed by atoms with E-state index in [1.807, 2.05) is 55.1 Å². The second-order valence-corrected chi connectivity index (χ2v) is 5.72. The van der Waals surface area contributed by atoms with Crippen molar-refractivity contribution in [2.75, 3.05) is 12.3 Å². The average Bonchev–Trinajstić information content (AvgIpc) is 2.84. The van der Waals surface area contributed by atoms with E-state index in [9.17, 15) is 4.79 Å². The van der Waals surface area contributed by atoms with Crippen molar-refractivity contribution in [2.45, 2.75) is 20.4 Å². The summed E-state index contributed by atoms with van der Waals surface area (Å²) in [5.74, 6) is 0.0730. The van der Waals surface area contributed by atoms with Gasteiger partial charge in [-0.3, -0.25) is 4.79 Å². The SMILES string of the molecule is CCN(Cc1ccccc1N)C(=O)c1ccc(C)s1. The summed E-state index contributed by atoms with van der Waals surface area (Å²) in [6.07, 6.45) is 0. The minimum atomic E-state index is 0.0730. The first-order valence-corrected chi connectivity index (χ1v) is 7.12. The number of nitrogen functional groups attached to an aromatic ring is 1. The van der Waals surface area contributed by atoms with Crippen LogP contribution in [-0.2, 0) is 6.54 Å². The lowest BCUT2D eigenvalue weighted by atomic mass is 10.1. The number of anilines is 1. The molecule has 0 aliphatic heterocycles. The van der Waals surface area contributed by atoms with Crippen molar-refractivity contribution in [1.29, 1.82) is 0 Å². The van der Waals surface area contributed by atoms with Gasteiger partial charge < -0.3 is 10.6 Å². The zero-order valence-electron chi connectivity index (χ0n) is 11.2. The van der Waals surface area contributed by atoms with Gasteiger partial charge in [-0.25, -0.2) is 0 Å². The lowest BCUT2D eigenvalue weighted by molar-refractivity contribution is 0.0758. The normalized spacial score (nSPS) is 10.4. The highest BCUT2D eigenvalue weighted by molar-refractivity contribution is 7.13. The lowest BCUT2D eigenvalue weighted by Crippen LogP contribution is -2.30. The van der Waals surface area contributed by atoms with Crippen LogP contribution in [0.15, 0.2) is 36.4 Å². The zero-order chi connectivity index (χ0) is 13.8. The summed E-state index contributed by atoms with van der Waals surface area (Å²) < 4.78 is 0. The molecular weight excluding hydrogens is 256 g/mol. The maximum absolute atomic E-state index is 12.4. The Morgan fingerprint density at radius 2 is 2.00 bits per heavy atom. The van der Waals surface area contributed by atoms with Gasteiger partial charge in [0, 0.05) is 23.7 Å². The van der Waals surface area contributed by atoms with Crippen LogP contribution in [-0.4, -0.2) is 17.4 Å². The van der Waals surface area contributed by atoms with Crippen molar-refractivity contribution in [1.82, 2.24) is 4.90 Å². The smallest absolute Gasteiger partial charge is 0.264 e. The molecule has 1 aromatic carbocycles. The van der Waals surface area contributed by atoms with E-state index in [4.69, 9.17) is 5.73 Å². The molecule has 1 aromatic heterocycles. The predicted molar refractivity (Wildman–Crippen MR) is 80.3 cm³/mol. The van der Waals surface area contributed by atoms with Gasteiger partial charge in [0.25, 0.3) is 5.91 Å². The number of thiophene rings is 1. The van der Waals surface area contributed by atoms with Gasteiger partial charge in [-0.1, -0.05) is 18.2 Å². The quantitative estimate of drug-likeness (QED) is 0.869. The fraction of sp³-hybridized carbons (Fsp3) is 0.267. The Hall–Kier alpha value is -1.81. The number of rotatable bonds is 4. The van der Waals surface area contributed by atoms with Crippen LogP contribution in [0.3, 0.4) is 0 Å². The molecule has 0 unspecified atom stereocenters. The van der Waals surface area contributed by atoms with Gasteiger partial charge in [-0.2, -0.15) is 0 Å². The predicted octanol–water partition coefficient (Wildman–Crippen LogP) is 3.30. The van der Waals surface area contributed by atoms with E-state index >= 15 is 0 Å². The average molecular weight is 274 g/mol. The number of benzene rings is 1. The van der Waals surface area contributed by atoms with Gasteiger partial charge in [0.1, 0.15) is 0 Å². The second-order valence-electron chi connectivity index (χ2n) is 4.43. The Kier molecular flexibility index (Phi) is 4.22. The van der Waals surface area contributed by atoms with Gasteiger partial charge in [0.2, 0.25) is 0 Å². The van der Waals surface area contributed by atoms with Crippen LogP contribution in [0.5, 0.6) is 0 Å². The summed E-state index contributed by atoms with van der Waals surface area (Å²) in [7, 11) is 0. The summed E-state index contributed by atoms with van der Waals surface area (Å²) in [6.45, 7) is 5.22. The first-order valence-electron chi connectivity index (χ1n) is 6.31. The topological polar surface area (TPSA) is 46.3 Å². The summed E-state index contributed by atoms with van der Waals surface area (Å²) in [4.78, 5) is 16.2. The van der Waals surface area contributed by atoms with Crippen molar-refractivity contribution in [3.8, 4) is 0 Å². The highest BCUT2D eigenvalue weighted by atomic mass is 32.1. The van der Waals surface area contributed by atoms with Crippen LogP contribution in [0.25, 0.3) is 0 Å². The van der Waals surface area contributed by atoms with Crippen molar-refractivity contribution < 1.29 is 4.79 Å². The van der Waals surface area contributed by atoms with Crippen LogP contribution < -0.4 is 5.73 Å². The van der Waals surface area contributed by atoms with E-state index in [0.717, 1.165) is 21.0 Å². The third-order valence-electron chi connectivity index (χ3n) is 3.04. The Bertz CT molecular complexity index is 577. The van der Waals surface area contributed by atoms with Gasteiger partial charge in [-0.05, 0) is 37.6 Å². The number of carbonyl (C=O) groups excluding carboxylic acids is 1. The number of amides is 1. The van der Waals surface area contributed by atoms with Crippen LogP contribution >= 0.6 is 11.3 Å². The fourth-order valence-electron chi connectivity index (χ4n) is 1.92. The van der Waals surface area contributed by atoms with Gasteiger partial charge in [0.05, 0.1) is 4.88 Å². The summed E-state index contributed by atoms with van der Waals surface area (Å²) >= 11 is 1.53. The molecule has 0 fully saturated rings. The van der Waals surface area contributed by atoms with E-state index in [0.29, 0.717) is 13.1 Å². The van der Waals surface area contributed by atoms with Crippen LogP contribution in [0, 0.1) is 6.92 Å². The number of para-hydroxylation sites is 1. The molecule has 0 spiro atoms. The maximum Gasteiger partial charge on any atom is 0.264 e. The van der Waals surface area contributed by atoms with Gasteiger partial charge >= 0.3 is 0 Å². The molecule has 100 valence electrons. The third kappa shape index (κ3) is 3.15. The fourth-order valence-corrected chi connectivity index (χ4v) is 2.75. The molecule has 1 amide bonds. The largest absolute Gasteiger partial charge is 0.398 e.